The Morgan fingerprint density at radius 1 is 1.18 bits per heavy atom. The minimum Gasteiger partial charge on any atom is -0.313 e. The highest BCUT2D eigenvalue weighted by molar-refractivity contribution is 5.28. The van der Waals surface area contributed by atoms with Gasteiger partial charge in [0.2, 0.25) is 0 Å². The second-order valence-electron chi connectivity index (χ2n) is 4.25. The fraction of sp³-hybridized carbons (Fsp3) is 0.500. The van der Waals surface area contributed by atoms with Crippen LogP contribution in [-0.2, 0) is 6.18 Å². The summed E-state index contributed by atoms with van der Waals surface area (Å²) in [7, 11) is 1.69. The van der Waals surface area contributed by atoms with Crippen LogP contribution in [0, 0.1) is 11.7 Å². The molecular formula is C12H15F4N. The van der Waals surface area contributed by atoms with Crippen molar-refractivity contribution in [3.05, 3.63) is 35.1 Å². The second-order valence-corrected chi connectivity index (χ2v) is 4.25. The van der Waals surface area contributed by atoms with E-state index in [-0.39, 0.29) is 12.0 Å². The Morgan fingerprint density at radius 3 is 2.12 bits per heavy atom. The van der Waals surface area contributed by atoms with Crippen LogP contribution in [0.3, 0.4) is 0 Å². The number of hydrogen-bond acceptors (Lipinski definition) is 1. The zero-order valence-electron chi connectivity index (χ0n) is 9.90. The minimum atomic E-state index is -4.64. The van der Waals surface area contributed by atoms with Gasteiger partial charge in [-0.2, -0.15) is 13.2 Å². The van der Waals surface area contributed by atoms with E-state index >= 15 is 0 Å². The summed E-state index contributed by atoms with van der Waals surface area (Å²) in [5.74, 6) is -1.06. The van der Waals surface area contributed by atoms with E-state index in [4.69, 9.17) is 0 Å². The van der Waals surface area contributed by atoms with Crippen molar-refractivity contribution >= 4 is 0 Å². The monoisotopic (exact) mass is 249 g/mol. The summed E-state index contributed by atoms with van der Waals surface area (Å²) in [5, 5.41) is 2.96. The van der Waals surface area contributed by atoms with Crippen LogP contribution in [0.25, 0.3) is 0 Å². The lowest BCUT2D eigenvalue weighted by Crippen LogP contribution is -2.22. The third-order valence-electron chi connectivity index (χ3n) is 2.64. The summed E-state index contributed by atoms with van der Waals surface area (Å²) in [5.41, 5.74) is -0.701. The Labute approximate surface area is 97.8 Å². The molecule has 0 heterocycles. The number of halogens is 4. The third kappa shape index (κ3) is 3.19. The number of hydrogen-bond donors (Lipinski definition) is 1. The number of alkyl halides is 3. The number of rotatable bonds is 3. The minimum absolute atomic E-state index is 0.160. The predicted octanol–water partition coefficient (Wildman–Crippen LogP) is 3.76. The van der Waals surface area contributed by atoms with Gasteiger partial charge in [0.25, 0.3) is 0 Å². The summed E-state index contributed by atoms with van der Waals surface area (Å²) < 4.78 is 50.5. The topological polar surface area (TPSA) is 12.0 Å². The largest absolute Gasteiger partial charge is 0.419 e. The first-order valence-corrected chi connectivity index (χ1v) is 5.31. The number of nitrogens with one attached hydrogen (secondary N) is 1. The van der Waals surface area contributed by atoms with Crippen molar-refractivity contribution in [3.8, 4) is 0 Å². The van der Waals surface area contributed by atoms with E-state index in [0.29, 0.717) is 5.56 Å². The Balaban J connectivity index is 3.12. The molecule has 0 spiro atoms. The van der Waals surface area contributed by atoms with Crippen molar-refractivity contribution in [2.45, 2.75) is 26.1 Å². The maximum Gasteiger partial charge on any atom is 0.419 e. The molecular weight excluding hydrogens is 234 g/mol. The van der Waals surface area contributed by atoms with Gasteiger partial charge in [-0.25, -0.2) is 4.39 Å². The SMILES string of the molecule is CNC(c1ccc(C(F)(F)F)c(F)c1)C(C)C. The molecule has 0 aliphatic heterocycles. The van der Waals surface area contributed by atoms with Crippen molar-refractivity contribution in [2.24, 2.45) is 5.92 Å². The lowest BCUT2D eigenvalue weighted by atomic mass is 9.95. The van der Waals surface area contributed by atoms with Gasteiger partial charge in [-0.05, 0) is 30.7 Å². The smallest absolute Gasteiger partial charge is 0.313 e. The van der Waals surface area contributed by atoms with Gasteiger partial charge < -0.3 is 5.32 Å². The van der Waals surface area contributed by atoms with Crippen LogP contribution in [0.2, 0.25) is 0 Å². The number of benzene rings is 1. The molecule has 1 N–H and O–H groups in total. The van der Waals surface area contributed by atoms with Crippen LogP contribution >= 0.6 is 0 Å². The van der Waals surface area contributed by atoms with E-state index in [2.05, 4.69) is 5.32 Å². The molecule has 0 saturated carbocycles. The van der Waals surface area contributed by atoms with Gasteiger partial charge in [0, 0.05) is 6.04 Å². The van der Waals surface area contributed by atoms with Crippen molar-refractivity contribution < 1.29 is 17.6 Å². The van der Waals surface area contributed by atoms with Crippen molar-refractivity contribution in [3.63, 3.8) is 0 Å². The molecule has 1 unspecified atom stereocenters. The molecule has 1 nitrogen and oxygen atoms in total. The molecule has 0 bridgehead atoms. The zero-order valence-corrected chi connectivity index (χ0v) is 9.90. The fourth-order valence-electron chi connectivity index (χ4n) is 1.84. The summed E-state index contributed by atoms with van der Waals surface area (Å²) in [6.07, 6.45) is -4.64. The van der Waals surface area contributed by atoms with Gasteiger partial charge in [-0.1, -0.05) is 19.9 Å². The second kappa shape index (κ2) is 5.04. The normalized spacial score (nSPS) is 14.1. The molecule has 5 heteroatoms. The Morgan fingerprint density at radius 2 is 1.76 bits per heavy atom. The highest BCUT2D eigenvalue weighted by Crippen LogP contribution is 2.33. The van der Waals surface area contributed by atoms with Gasteiger partial charge in [-0.15, -0.1) is 0 Å². The van der Waals surface area contributed by atoms with Crippen molar-refractivity contribution in [1.29, 1.82) is 0 Å². The van der Waals surface area contributed by atoms with Gasteiger partial charge in [0.15, 0.2) is 0 Å². The Kier molecular flexibility index (Phi) is 4.14. The fourth-order valence-corrected chi connectivity index (χ4v) is 1.84. The van der Waals surface area contributed by atoms with Crippen molar-refractivity contribution in [1.82, 2.24) is 5.32 Å². The first-order chi connectivity index (χ1) is 7.77. The Bertz CT molecular complexity index is 385. The molecule has 17 heavy (non-hydrogen) atoms. The maximum absolute atomic E-state index is 13.4. The van der Waals surface area contributed by atoms with E-state index in [1.54, 1.807) is 7.05 Å². The third-order valence-corrected chi connectivity index (χ3v) is 2.64. The average Bonchev–Trinajstić information content (AvgIpc) is 2.15. The molecule has 0 fully saturated rings. The molecule has 96 valence electrons. The molecule has 1 aromatic rings. The molecule has 1 atom stereocenters. The standard InChI is InChI=1S/C12H15F4N/c1-7(2)11(17-3)8-4-5-9(10(13)6-8)12(14,15)16/h4-7,11,17H,1-3H3. The van der Waals surface area contributed by atoms with Crippen LogP contribution in [0.4, 0.5) is 17.6 Å². The highest BCUT2D eigenvalue weighted by Gasteiger charge is 2.34. The molecule has 0 aliphatic carbocycles. The molecule has 0 saturated heterocycles. The molecule has 0 amide bonds. The van der Waals surface area contributed by atoms with E-state index < -0.39 is 17.6 Å². The van der Waals surface area contributed by atoms with Crippen molar-refractivity contribution in [2.75, 3.05) is 7.05 Å². The van der Waals surface area contributed by atoms with Gasteiger partial charge in [-0.3, -0.25) is 0 Å². The lowest BCUT2D eigenvalue weighted by Gasteiger charge is -2.21. The lowest BCUT2D eigenvalue weighted by molar-refractivity contribution is -0.140. The quantitative estimate of drug-likeness (QED) is 0.804. The molecule has 1 rings (SSSR count). The van der Waals surface area contributed by atoms with Crippen LogP contribution in [0.1, 0.15) is 31.0 Å². The van der Waals surface area contributed by atoms with E-state index in [9.17, 15) is 17.6 Å². The van der Waals surface area contributed by atoms with Crippen LogP contribution in [-0.4, -0.2) is 7.05 Å². The summed E-state index contributed by atoms with van der Waals surface area (Å²) in [4.78, 5) is 0. The Hall–Kier alpha value is -1.10. The van der Waals surface area contributed by atoms with E-state index in [1.165, 1.54) is 6.07 Å². The molecule has 0 aromatic heterocycles. The maximum atomic E-state index is 13.4. The average molecular weight is 249 g/mol. The van der Waals surface area contributed by atoms with Gasteiger partial charge >= 0.3 is 6.18 Å². The zero-order chi connectivity index (χ0) is 13.2. The first kappa shape index (κ1) is 14.0. The van der Waals surface area contributed by atoms with E-state index in [0.717, 1.165) is 12.1 Å². The molecule has 0 aliphatic rings. The van der Waals surface area contributed by atoms with Crippen LogP contribution < -0.4 is 5.32 Å². The van der Waals surface area contributed by atoms with E-state index in [1.807, 2.05) is 13.8 Å². The molecule has 0 radical (unpaired) electrons. The molecule has 1 aromatic carbocycles. The highest BCUT2D eigenvalue weighted by atomic mass is 19.4. The predicted molar refractivity (Wildman–Crippen MR) is 58.0 cm³/mol. The van der Waals surface area contributed by atoms with Crippen LogP contribution in [0.5, 0.6) is 0 Å². The summed E-state index contributed by atoms with van der Waals surface area (Å²) >= 11 is 0. The van der Waals surface area contributed by atoms with Gasteiger partial charge in [0.1, 0.15) is 5.82 Å². The summed E-state index contributed by atoms with van der Waals surface area (Å²) in [6, 6.07) is 2.89. The van der Waals surface area contributed by atoms with Crippen LogP contribution in [0.15, 0.2) is 18.2 Å². The van der Waals surface area contributed by atoms with Gasteiger partial charge in [0.05, 0.1) is 5.56 Å². The first-order valence-electron chi connectivity index (χ1n) is 5.31. The summed E-state index contributed by atoms with van der Waals surface area (Å²) in [6.45, 7) is 3.83.